The largest absolute Gasteiger partial charge is 0.333 e. The van der Waals surface area contributed by atoms with Crippen molar-refractivity contribution >= 4 is 37.5 Å². The van der Waals surface area contributed by atoms with Crippen LogP contribution in [0, 0.1) is 12.8 Å². The Labute approximate surface area is 199 Å². The predicted octanol–water partition coefficient (Wildman–Crippen LogP) is 4.76. The van der Waals surface area contributed by atoms with Crippen LogP contribution in [0.2, 0.25) is 0 Å². The number of benzene rings is 2. The van der Waals surface area contributed by atoms with Gasteiger partial charge in [0.15, 0.2) is 0 Å². The summed E-state index contributed by atoms with van der Waals surface area (Å²) in [6.07, 6.45) is 4.16. The second kappa shape index (κ2) is 9.16. The average molecular weight is 484 g/mol. The van der Waals surface area contributed by atoms with Gasteiger partial charge >= 0.3 is 0 Å². The highest BCUT2D eigenvalue weighted by atomic mass is 32.2. The number of thiazole rings is 1. The third kappa shape index (κ3) is 4.44. The Morgan fingerprint density at radius 2 is 1.70 bits per heavy atom. The van der Waals surface area contributed by atoms with Gasteiger partial charge in [-0.1, -0.05) is 29.8 Å². The van der Waals surface area contributed by atoms with E-state index in [0.717, 1.165) is 46.6 Å². The lowest BCUT2D eigenvalue weighted by Gasteiger charge is -2.39. The second-order valence-corrected chi connectivity index (χ2v) is 12.1. The standard InChI is InChI=1S/C25H29N3O3S2/c1-18-9-11-20(12-10-18)33(30,31)27-16-13-19(14-17-27)25(29)28-15-5-4-7-22(28)24-26-21-6-2-3-8-23(21)32-24/h2-3,6,8-12,19,22H,4-5,7,13-17H2,1H3/t22-/m0/s1. The van der Waals surface area contributed by atoms with Crippen molar-refractivity contribution < 1.29 is 13.2 Å². The zero-order valence-corrected chi connectivity index (χ0v) is 20.4. The molecule has 6 nitrogen and oxygen atoms in total. The molecule has 1 amide bonds. The maximum atomic E-state index is 13.6. The number of fused-ring (bicyclic) bond motifs is 1. The van der Waals surface area contributed by atoms with Crippen molar-refractivity contribution in [3.05, 3.63) is 59.1 Å². The third-order valence-electron chi connectivity index (χ3n) is 6.84. The van der Waals surface area contributed by atoms with Gasteiger partial charge in [-0.15, -0.1) is 11.3 Å². The fourth-order valence-corrected chi connectivity index (χ4v) is 7.51. The van der Waals surface area contributed by atoms with Crippen LogP contribution in [0.5, 0.6) is 0 Å². The highest BCUT2D eigenvalue weighted by Crippen LogP contribution is 2.37. The second-order valence-electron chi connectivity index (χ2n) is 9.05. The Balaban J connectivity index is 1.29. The molecule has 0 aliphatic carbocycles. The molecule has 0 spiro atoms. The molecule has 1 atom stereocenters. The lowest BCUT2D eigenvalue weighted by atomic mass is 9.93. The van der Waals surface area contributed by atoms with E-state index in [4.69, 9.17) is 4.98 Å². The van der Waals surface area contributed by atoms with E-state index in [1.165, 1.54) is 4.31 Å². The molecule has 2 aliphatic heterocycles. The minimum absolute atomic E-state index is 0.0259. The first-order valence-electron chi connectivity index (χ1n) is 11.7. The highest BCUT2D eigenvalue weighted by molar-refractivity contribution is 7.89. The summed E-state index contributed by atoms with van der Waals surface area (Å²) in [6, 6.07) is 15.1. The van der Waals surface area contributed by atoms with E-state index >= 15 is 0 Å². The lowest BCUT2D eigenvalue weighted by molar-refractivity contribution is -0.140. The number of carbonyl (C=O) groups excluding carboxylic acids is 1. The molecule has 3 aromatic rings. The number of nitrogens with zero attached hydrogens (tertiary/aromatic N) is 3. The first kappa shape index (κ1) is 22.5. The molecular formula is C25H29N3O3S2. The van der Waals surface area contributed by atoms with Crippen molar-refractivity contribution in [3.63, 3.8) is 0 Å². The summed E-state index contributed by atoms with van der Waals surface area (Å²) in [7, 11) is -3.52. The Morgan fingerprint density at radius 3 is 2.42 bits per heavy atom. The zero-order valence-electron chi connectivity index (χ0n) is 18.8. The number of piperidine rings is 2. The summed E-state index contributed by atoms with van der Waals surface area (Å²) < 4.78 is 28.7. The van der Waals surface area contributed by atoms with Crippen LogP contribution in [0.4, 0.5) is 0 Å². The van der Waals surface area contributed by atoms with Gasteiger partial charge in [-0.3, -0.25) is 4.79 Å². The molecule has 1 aromatic heterocycles. The number of aryl methyl sites for hydroxylation is 1. The summed E-state index contributed by atoms with van der Waals surface area (Å²) in [6.45, 7) is 3.45. The Bertz CT molecular complexity index is 1210. The van der Waals surface area contributed by atoms with Crippen LogP contribution in [-0.2, 0) is 14.8 Å². The van der Waals surface area contributed by atoms with Gasteiger partial charge in [-0.05, 0) is 63.3 Å². The molecular weight excluding hydrogens is 454 g/mol. The summed E-state index contributed by atoms with van der Waals surface area (Å²) in [5, 5.41) is 1.02. The van der Waals surface area contributed by atoms with E-state index in [2.05, 4.69) is 6.07 Å². The SMILES string of the molecule is Cc1ccc(S(=O)(=O)N2CCC(C(=O)N3CCCC[C@H]3c3nc4ccccc4s3)CC2)cc1. The van der Waals surface area contributed by atoms with Gasteiger partial charge in [0, 0.05) is 25.6 Å². The molecule has 3 heterocycles. The Morgan fingerprint density at radius 1 is 0.970 bits per heavy atom. The monoisotopic (exact) mass is 483 g/mol. The minimum atomic E-state index is -3.52. The maximum absolute atomic E-state index is 13.6. The van der Waals surface area contributed by atoms with Gasteiger partial charge < -0.3 is 4.90 Å². The summed E-state index contributed by atoms with van der Waals surface area (Å²) >= 11 is 1.68. The van der Waals surface area contributed by atoms with Crippen LogP contribution < -0.4 is 0 Å². The molecule has 0 radical (unpaired) electrons. The van der Waals surface area contributed by atoms with E-state index in [-0.39, 0.29) is 17.9 Å². The number of likely N-dealkylation sites (tertiary alicyclic amines) is 1. The normalized spacial score (nSPS) is 20.9. The molecule has 0 N–H and O–H groups in total. The summed E-state index contributed by atoms with van der Waals surface area (Å²) in [4.78, 5) is 20.7. The van der Waals surface area contributed by atoms with Gasteiger partial charge in [-0.25, -0.2) is 13.4 Å². The van der Waals surface area contributed by atoms with Crippen molar-refractivity contribution in [3.8, 4) is 0 Å². The van der Waals surface area contributed by atoms with Crippen molar-refractivity contribution in [2.24, 2.45) is 5.92 Å². The van der Waals surface area contributed by atoms with E-state index < -0.39 is 10.0 Å². The molecule has 33 heavy (non-hydrogen) atoms. The van der Waals surface area contributed by atoms with Crippen molar-refractivity contribution in [1.29, 1.82) is 0 Å². The molecule has 0 bridgehead atoms. The van der Waals surface area contributed by atoms with E-state index in [0.29, 0.717) is 30.8 Å². The number of hydrogen-bond donors (Lipinski definition) is 0. The van der Waals surface area contributed by atoms with Crippen LogP contribution in [0.3, 0.4) is 0 Å². The van der Waals surface area contributed by atoms with E-state index in [1.54, 1.807) is 23.5 Å². The third-order valence-corrected chi connectivity index (χ3v) is 9.89. The molecule has 2 aliphatic rings. The number of hydrogen-bond acceptors (Lipinski definition) is 5. The van der Waals surface area contributed by atoms with Crippen molar-refractivity contribution in [2.45, 2.75) is 50.0 Å². The van der Waals surface area contributed by atoms with Crippen LogP contribution in [0.25, 0.3) is 10.2 Å². The fraction of sp³-hybridized carbons (Fsp3) is 0.440. The van der Waals surface area contributed by atoms with E-state index in [1.807, 2.05) is 42.2 Å². The minimum Gasteiger partial charge on any atom is -0.333 e. The van der Waals surface area contributed by atoms with Gasteiger partial charge in [0.2, 0.25) is 15.9 Å². The number of amides is 1. The maximum Gasteiger partial charge on any atom is 0.243 e. The van der Waals surface area contributed by atoms with Gasteiger partial charge in [0.25, 0.3) is 0 Å². The average Bonchev–Trinajstić information content (AvgIpc) is 3.28. The summed E-state index contributed by atoms with van der Waals surface area (Å²) in [5.74, 6) is 0.0239. The van der Waals surface area contributed by atoms with Gasteiger partial charge in [-0.2, -0.15) is 4.31 Å². The number of carbonyl (C=O) groups is 1. The number of aromatic nitrogens is 1. The zero-order chi connectivity index (χ0) is 23.0. The van der Waals surface area contributed by atoms with Crippen LogP contribution in [0.15, 0.2) is 53.4 Å². The van der Waals surface area contributed by atoms with Gasteiger partial charge in [0.1, 0.15) is 5.01 Å². The molecule has 8 heteroatoms. The highest BCUT2D eigenvalue weighted by Gasteiger charge is 2.37. The lowest BCUT2D eigenvalue weighted by Crippen LogP contribution is -2.46. The van der Waals surface area contributed by atoms with Crippen LogP contribution >= 0.6 is 11.3 Å². The first-order valence-corrected chi connectivity index (χ1v) is 13.9. The number of sulfonamides is 1. The predicted molar refractivity (Wildman–Crippen MR) is 131 cm³/mol. The molecule has 2 saturated heterocycles. The smallest absolute Gasteiger partial charge is 0.243 e. The Hall–Kier alpha value is -2.29. The summed E-state index contributed by atoms with van der Waals surface area (Å²) in [5.41, 5.74) is 2.02. The molecule has 2 fully saturated rings. The fourth-order valence-electron chi connectivity index (χ4n) is 4.92. The number of para-hydroxylation sites is 1. The van der Waals surface area contributed by atoms with Gasteiger partial charge in [0.05, 0.1) is 21.2 Å². The molecule has 0 unspecified atom stereocenters. The topological polar surface area (TPSA) is 70.6 Å². The van der Waals surface area contributed by atoms with Crippen molar-refractivity contribution in [1.82, 2.24) is 14.2 Å². The number of rotatable bonds is 4. The van der Waals surface area contributed by atoms with E-state index in [9.17, 15) is 13.2 Å². The first-order chi connectivity index (χ1) is 15.9. The molecule has 174 valence electrons. The van der Waals surface area contributed by atoms with Crippen molar-refractivity contribution in [2.75, 3.05) is 19.6 Å². The quantitative estimate of drug-likeness (QED) is 0.537. The van der Waals surface area contributed by atoms with Crippen LogP contribution in [0.1, 0.15) is 48.7 Å². The molecule has 5 rings (SSSR count). The molecule has 2 aromatic carbocycles. The van der Waals surface area contributed by atoms with Crippen LogP contribution in [-0.4, -0.2) is 48.1 Å². The Kier molecular flexibility index (Phi) is 6.24. The molecule has 0 saturated carbocycles.